The van der Waals surface area contributed by atoms with E-state index in [1.807, 2.05) is 0 Å². The van der Waals surface area contributed by atoms with Gasteiger partial charge in [-0.2, -0.15) is 5.26 Å². The monoisotopic (exact) mass is 321 g/mol. The number of nitrogens with one attached hydrogen (secondary N) is 1. The van der Waals surface area contributed by atoms with Crippen LogP contribution in [0.2, 0.25) is 0 Å². The van der Waals surface area contributed by atoms with E-state index in [-0.39, 0.29) is 23.6 Å². The number of fused-ring (bicyclic) bond motifs is 1. The highest BCUT2D eigenvalue weighted by Gasteiger charge is 2.32. The van der Waals surface area contributed by atoms with Crippen LogP contribution in [-0.4, -0.2) is 51.8 Å². The lowest BCUT2D eigenvalue weighted by atomic mass is 9.92. The zero-order valence-corrected chi connectivity index (χ0v) is 12.1. The molecule has 0 aromatic carbocycles. The first-order valence-corrected chi connectivity index (χ1v) is 6.91. The second kappa shape index (κ2) is 6.24. The van der Waals surface area contributed by atoms with Crippen molar-refractivity contribution in [1.82, 2.24) is 19.9 Å². The molecule has 0 saturated carbocycles. The van der Waals surface area contributed by atoms with Crippen molar-refractivity contribution in [3.63, 3.8) is 0 Å². The molecule has 0 spiro atoms. The van der Waals surface area contributed by atoms with Gasteiger partial charge in [0.2, 0.25) is 5.91 Å². The van der Waals surface area contributed by atoms with E-state index in [0.29, 0.717) is 4.90 Å². The minimum Gasteiger partial charge on any atom is -0.354 e. The SMILES string of the molecule is [2H]c1c[nH]c2ncnc(N(C([2H])([2H])[2H])[C@@]3([2H])CN(C(=O)CC#N)CC[C@@]3([2H])C([2H])([2H])[2H])c12. The number of aromatic amines is 1. The number of hydrogen-bond donors (Lipinski definition) is 1. The van der Waals surface area contributed by atoms with Crippen molar-refractivity contribution in [2.24, 2.45) is 5.89 Å². The number of likely N-dealkylation sites (tertiary alicyclic amines) is 1. The molecule has 120 valence electrons. The number of anilines is 1. The molecule has 0 unspecified atom stereocenters. The topological polar surface area (TPSA) is 88.9 Å². The second-order valence-corrected chi connectivity index (χ2v) is 5.01. The molecule has 1 fully saturated rings. The largest absolute Gasteiger partial charge is 0.354 e. The van der Waals surface area contributed by atoms with Crippen LogP contribution >= 0.6 is 0 Å². The molecule has 1 saturated heterocycles. The average molecular weight is 321 g/mol. The molecule has 1 N–H and O–H groups in total. The Bertz CT molecular complexity index is 1080. The summed E-state index contributed by atoms with van der Waals surface area (Å²) in [5, 5.41) is 8.79. The van der Waals surface area contributed by atoms with Gasteiger partial charge in [-0.25, -0.2) is 9.97 Å². The summed E-state index contributed by atoms with van der Waals surface area (Å²) >= 11 is 0. The third kappa shape index (κ3) is 2.84. The normalized spacial score (nSPS) is 34.4. The van der Waals surface area contributed by atoms with E-state index < -0.39 is 56.9 Å². The van der Waals surface area contributed by atoms with Crippen molar-refractivity contribution in [3.8, 4) is 6.07 Å². The molecule has 2 aromatic heterocycles. The molecule has 0 aliphatic carbocycles. The molecule has 23 heavy (non-hydrogen) atoms. The lowest BCUT2D eigenvalue weighted by Gasteiger charge is -2.42. The fourth-order valence-electron chi connectivity index (χ4n) is 2.44. The summed E-state index contributed by atoms with van der Waals surface area (Å²) in [7, 11) is 0. The third-order valence-electron chi connectivity index (χ3n) is 3.64. The zero-order chi connectivity index (χ0) is 24.1. The van der Waals surface area contributed by atoms with E-state index >= 15 is 0 Å². The maximum Gasteiger partial charge on any atom is 0.236 e. The number of H-pyrrole nitrogens is 1. The first-order valence-electron chi connectivity index (χ1n) is 11.4. The van der Waals surface area contributed by atoms with E-state index in [9.17, 15) is 4.79 Å². The van der Waals surface area contributed by atoms with E-state index in [2.05, 4.69) is 15.0 Å². The van der Waals surface area contributed by atoms with Gasteiger partial charge >= 0.3 is 0 Å². The lowest BCUT2D eigenvalue weighted by molar-refractivity contribution is -0.131. The average Bonchev–Trinajstić information content (AvgIpc) is 3.04. The first kappa shape index (κ1) is 7.77. The Balaban J connectivity index is 2.30. The van der Waals surface area contributed by atoms with Crippen LogP contribution < -0.4 is 4.90 Å². The zero-order valence-electron chi connectivity index (χ0n) is 21.1. The van der Waals surface area contributed by atoms with Gasteiger partial charge in [-0.3, -0.25) is 4.79 Å². The Hall–Kier alpha value is -2.62. The molecule has 0 radical (unpaired) electrons. The van der Waals surface area contributed by atoms with Crippen molar-refractivity contribution in [2.45, 2.75) is 25.7 Å². The molecule has 1 amide bonds. The van der Waals surface area contributed by atoms with Gasteiger partial charge in [0.1, 0.15) is 24.2 Å². The third-order valence-corrected chi connectivity index (χ3v) is 3.64. The minimum atomic E-state index is -3.18. The predicted octanol–water partition coefficient (Wildman–Crippen LogP) is 1.54. The van der Waals surface area contributed by atoms with Crippen molar-refractivity contribution in [1.29, 1.82) is 5.26 Å². The number of amides is 1. The van der Waals surface area contributed by atoms with Crippen LogP contribution in [0.5, 0.6) is 0 Å². The van der Waals surface area contributed by atoms with Crippen LogP contribution in [0.3, 0.4) is 0 Å². The van der Waals surface area contributed by atoms with Crippen LogP contribution in [0.4, 0.5) is 5.82 Å². The van der Waals surface area contributed by atoms with Gasteiger partial charge in [0.15, 0.2) is 0 Å². The van der Waals surface area contributed by atoms with Crippen LogP contribution in [-0.2, 0) is 4.79 Å². The summed E-state index contributed by atoms with van der Waals surface area (Å²) in [6, 6.07) is -1.25. The Labute approximate surface area is 147 Å². The number of carbonyl (C=O) groups is 1. The highest BCUT2D eigenvalue weighted by Crippen LogP contribution is 2.28. The first-order chi connectivity index (χ1) is 14.7. The van der Waals surface area contributed by atoms with Gasteiger partial charge in [-0.15, -0.1) is 0 Å². The van der Waals surface area contributed by atoms with Gasteiger partial charge < -0.3 is 14.8 Å². The van der Waals surface area contributed by atoms with Crippen molar-refractivity contribution < 1.29 is 17.1 Å². The summed E-state index contributed by atoms with van der Waals surface area (Å²) in [6.45, 7) is -7.27. The molecule has 2 atom stereocenters. The molecular weight excluding hydrogens is 292 g/mol. The second-order valence-electron chi connectivity index (χ2n) is 5.01. The smallest absolute Gasteiger partial charge is 0.236 e. The molecule has 3 heterocycles. The molecule has 0 bridgehead atoms. The van der Waals surface area contributed by atoms with Crippen LogP contribution in [0.1, 0.15) is 32.0 Å². The summed E-state index contributed by atoms with van der Waals surface area (Å²) in [5.41, 5.74) is 0.0931. The Morgan fingerprint density at radius 3 is 3.43 bits per heavy atom. The maximum absolute atomic E-state index is 12.4. The van der Waals surface area contributed by atoms with Crippen molar-refractivity contribution in [2.75, 3.05) is 25.0 Å². The lowest BCUT2D eigenvalue weighted by Crippen LogP contribution is -2.52. The highest BCUT2D eigenvalue weighted by molar-refractivity contribution is 5.87. The van der Waals surface area contributed by atoms with Gasteiger partial charge in [0, 0.05) is 35.9 Å². The van der Waals surface area contributed by atoms with Gasteiger partial charge in [0.05, 0.1) is 20.2 Å². The number of hydrogen-bond acceptors (Lipinski definition) is 5. The fraction of sp³-hybridized carbons (Fsp3) is 0.500. The quantitative estimate of drug-likeness (QED) is 0.926. The van der Waals surface area contributed by atoms with E-state index in [1.165, 1.54) is 6.20 Å². The summed E-state index contributed by atoms with van der Waals surface area (Å²) in [6.07, 6.45) is 1.15. The molecule has 7 heteroatoms. The summed E-state index contributed by atoms with van der Waals surface area (Å²) in [4.78, 5) is 24.4. The standard InChI is InChI=1S/C16H20N6O/c1-11-5-8-22(14(23)3-6-17)9-13(11)21(2)16-12-4-7-18-15(12)19-10-20-16/h4,7,10-11,13H,3,5,8-9H2,1-2H3,(H,18,19,20)/t11-,13+/m1/s1/i1D3,2D3,4D,11D,13D. The van der Waals surface area contributed by atoms with Crippen LogP contribution in [0.15, 0.2) is 18.6 Å². The minimum absolute atomic E-state index is 0.0661. The van der Waals surface area contributed by atoms with Crippen LogP contribution in [0.25, 0.3) is 11.0 Å². The van der Waals surface area contributed by atoms with Gasteiger partial charge in [0.25, 0.3) is 0 Å². The number of piperidine rings is 1. The molecule has 7 nitrogen and oxygen atoms in total. The van der Waals surface area contributed by atoms with Gasteiger partial charge in [-0.1, -0.05) is 6.85 Å². The molecular formula is C16H20N6O. The number of carbonyl (C=O) groups excluding carboxylic acids is 1. The summed E-state index contributed by atoms with van der Waals surface area (Å²) < 4.78 is 74.2. The van der Waals surface area contributed by atoms with Gasteiger partial charge in [-0.05, 0) is 18.4 Å². The Morgan fingerprint density at radius 1 is 1.74 bits per heavy atom. The van der Waals surface area contributed by atoms with E-state index in [1.54, 1.807) is 6.07 Å². The van der Waals surface area contributed by atoms with E-state index in [4.69, 9.17) is 17.6 Å². The number of rotatable bonds is 3. The number of nitrogens with zero attached hydrogens (tertiary/aromatic N) is 5. The Kier molecular flexibility index (Phi) is 2.11. The summed E-state index contributed by atoms with van der Waals surface area (Å²) in [5.74, 6) is -3.78. The van der Waals surface area contributed by atoms with Crippen molar-refractivity contribution >= 4 is 22.8 Å². The number of nitriles is 1. The molecule has 3 rings (SSSR count). The fourth-order valence-corrected chi connectivity index (χ4v) is 2.44. The Morgan fingerprint density at radius 2 is 2.65 bits per heavy atom. The molecule has 1 aliphatic rings. The van der Waals surface area contributed by atoms with Crippen molar-refractivity contribution in [3.05, 3.63) is 18.6 Å². The molecule has 2 aromatic rings. The maximum atomic E-state index is 12.4. The number of likely N-dealkylation sites (N-methyl/N-ethyl adjacent to an activating group) is 1. The van der Waals surface area contributed by atoms with E-state index in [0.717, 1.165) is 11.2 Å². The highest BCUT2D eigenvalue weighted by atomic mass is 16.2. The van der Waals surface area contributed by atoms with Crippen LogP contribution in [0, 0.1) is 17.2 Å². The predicted molar refractivity (Wildman–Crippen MR) is 86.7 cm³/mol. The molecule has 1 aliphatic heterocycles. The number of aromatic nitrogens is 3.